The molecule has 2 aromatic rings. The molecule has 0 radical (unpaired) electrons. The molecule has 110 valence electrons. The van der Waals surface area contributed by atoms with Crippen LogP contribution in [0.5, 0.6) is 0 Å². The second kappa shape index (κ2) is 5.23. The first-order chi connectivity index (χ1) is 10.00. The average molecular weight is 324 g/mol. The van der Waals surface area contributed by atoms with Gasteiger partial charge in [0.05, 0.1) is 5.69 Å². The van der Waals surface area contributed by atoms with Crippen LogP contribution in [0.3, 0.4) is 0 Å². The predicted molar refractivity (Wildman–Crippen MR) is 82.5 cm³/mol. The lowest BCUT2D eigenvalue weighted by Crippen LogP contribution is -2.35. The molecule has 0 bridgehead atoms. The summed E-state index contributed by atoms with van der Waals surface area (Å²) in [6, 6.07) is 10.8. The number of hydrogen-bond acceptors (Lipinski definition) is 4. The largest absolute Gasteiger partial charge is 0.399 e. The minimum atomic E-state index is -3.96. The van der Waals surface area contributed by atoms with Gasteiger partial charge >= 0.3 is 0 Å². The Hall–Kier alpha value is -1.73. The molecule has 21 heavy (non-hydrogen) atoms. The van der Waals surface area contributed by atoms with Crippen LogP contribution >= 0.6 is 11.8 Å². The Balaban J connectivity index is 2.14. The molecule has 3 rings (SSSR count). The molecule has 1 aliphatic rings. The summed E-state index contributed by atoms with van der Waals surface area (Å²) >= 11 is 1.59. The van der Waals surface area contributed by atoms with Crippen LogP contribution in [0.25, 0.3) is 0 Å². The van der Waals surface area contributed by atoms with Crippen molar-refractivity contribution in [2.24, 2.45) is 0 Å². The molecule has 0 spiro atoms. The molecule has 1 heterocycles. The summed E-state index contributed by atoms with van der Waals surface area (Å²) in [5.41, 5.74) is 6.39. The zero-order valence-electron chi connectivity index (χ0n) is 11.0. The van der Waals surface area contributed by atoms with Gasteiger partial charge in [-0.3, -0.25) is 4.31 Å². The summed E-state index contributed by atoms with van der Waals surface area (Å²) in [7, 11) is -3.96. The summed E-state index contributed by atoms with van der Waals surface area (Å²) in [6.07, 6.45) is 0. The van der Waals surface area contributed by atoms with E-state index < -0.39 is 15.8 Å². The summed E-state index contributed by atoms with van der Waals surface area (Å²) in [5.74, 6) is -0.167. The number of sulfonamides is 1. The summed E-state index contributed by atoms with van der Waals surface area (Å²) < 4.78 is 40.7. The maximum atomic E-state index is 13.9. The van der Waals surface area contributed by atoms with Crippen molar-refractivity contribution in [3.63, 3.8) is 0 Å². The van der Waals surface area contributed by atoms with E-state index in [4.69, 9.17) is 5.73 Å². The third kappa shape index (κ3) is 2.47. The highest BCUT2D eigenvalue weighted by molar-refractivity contribution is 8.00. The molecule has 0 unspecified atom stereocenters. The van der Waals surface area contributed by atoms with Gasteiger partial charge in [0.15, 0.2) is 0 Å². The lowest BCUT2D eigenvalue weighted by molar-refractivity contribution is 0.564. The molecule has 1 aliphatic heterocycles. The molecule has 0 aromatic heterocycles. The second-order valence-corrected chi connectivity index (χ2v) is 7.55. The lowest BCUT2D eigenvalue weighted by atomic mass is 10.3. The minimum absolute atomic E-state index is 0.217. The van der Waals surface area contributed by atoms with Gasteiger partial charge in [0, 0.05) is 22.9 Å². The number of benzene rings is 2. The Morgan fingerprint density at radius 1 is 1.19 bits per heavy atom. The number of nitrogens with zero attached hydrogens (tertiary/aromatic N) is 1. The first kappa shape index (κ1) is 14.2. The van der Waals surface area contributed by atoms with E-state index in [2.05, 4.69) is 0 Å². The van der Waals surface area contributed by atoms with Crippen LogP contribution < -0.4 is 10.0 Å². The summed E-state index contributed by atoms with van der Waals surface area (Å²) in [5, 5.41) is 0. The van der Waals surface area contributed by atoms with Gasteiger partial charge in [-0.25, -0.2) is 12.8 Å². The van der Waals surface area contributed by atoms with Crippen molar-refractivity contribution >= 4 is 33.2 Å². The SMILES string of the molecule is Nc1ccc(F)c(S(=O)(=O)N2CCSc3ccccc32)c1. The lowest BCUT2D eigenvalue weighted by Gasteiger charge is -2.30. The van der Waals surface area contributed by atoms with Crippen LogP contribution in [-0.2, 0) is 10.0 Å². The average Bonchev–Trinajstić information content (AvgIpc) is 2.49. The Morgan fingerprint density at radius 3 is 2.76 bits per heavy atom. The van der Waals surface area contributed by atoms with E-state index in [0.717, 1.165) is 17.0 Å². The maximum Gasteiger partial charge on any atom is 0.267 e. The van der Waals surface area contributed by atoms with E-state index in [-0.39, 0.29) is 10.6 Å². The van der Waals surface area contributed by atoms with Gasteiger partial charge in [-0.2, -0.15) is 0 Å². The van der Waals surface area contributed by atoms with E-state index in [1.165, 1.54) is 10.4 Å². The van der Waals surface area contributed by atoms with Crippen molar-refractivity contribution in [2.45, 2.75) is 9.79 Å². The number of nitrogen functional groups attached to an aromatic ring is 1. The van der Waals surface area contributed by atoms with Crippen molar-refractivity contribution in [2.75, 3.05) is 22.3 Å². The van der Waals surface area contributed by atoms with Gasteiger partial charge in [0.1, 0.15) is 10.7 Å². The fourth-order valence-corrected chi connectivity index (χ4v) is 4.98. The van der Waals surface area contributed by atoms with Crippen molar-refractivity contribution in [1.82, 2.24) is 0 Å². The normalized spacial score (nSPS) is 14.8. The Labute approximate surface area is 126 Å². The van der Waals surface area contributed by atoms with Crippen LogP contribution in [-0.4, -0.2) is 20.7 Å². The molecule has 0 saturated carbocycles. The molecule has 0 aliphatic carbocycles. The number of thioether (sulfide) groups is 1. The van der Waals surface area contributed by atoms with Gasteiger partial charge in [0.25, 0.3) is 10.0 Å². The Kier molecular flexibility index (Phi) is 3.54. The number of fused-ring (bicyclic) bond motifs is 1. The third-order valence-corrected chi connectivity index (χ3v) is 6.08. The second-order valence-electron chi connectivity index (χ2n) is 4.58. The van der Waals surface area contributed by atoms with Gasteiger partial charge in [-0.15, -0.1) is 11.8 Å². The van der Waals surface area contributed by atoms with Crippen molar-refractivity contribution in [3.05, 3.63) is 48.3 Å². The topological polar surface area (TPSA) is 63.4 Å². The molecule has 2 N–H and O–H groups in total. The molecule has 4 nitrogen and oxygen atoms in total. The van der Waals surface area contributed by atoms with E-state index in [1.54, 1.807) is 23.9 Å². The first-order valence-corrected chi connectivity index (χ1v) is 8.72. The zero-order valence-corrected chi connectivity index (χ0v) is 12.6. The van der Waals surface area contributed by atoms with Gasteiger partial charge in [-0.1, -0.05) is 12.1 Å². The number of halogens is 1. The molecule has 7 heteroatoms. The number of nitrogens with two attached hydrogens (primary N) is 1. The van der Waals surface area contributed by atoms with E-state index in [0.29, 0.717) is 18.0 Å². The van der Waals surface area contributed by atoms with Crippen LogP contribution in [0, 0.1) is 5.82 Å². The third-order valence-electron chi connectivity index (χ3n) is 3.21. The summed E-state index contributed by atoms with van der Waals surface area (Å²) in [4.78, 5) is 0.487. The maximum absolute atomic E-state index is 13.9. The number of rotatable bonds is 2. The fraction of sp³-hybridized carbons (Fsp3) is 0.143. The molecule has 0 amide bonds. The monoisotopic (exact) mass is 324 g/mol. The smallest absolute Gasteiger partial charge is 0.267 e. The molecule has 0 fully saturated rings. The molecule has 0 atom stereocenters. The number of anilines is 2. The van der Waals surface area contributed by atoms with E-state index in [1.807, 2.05) is 12.1 Å². The van der Waals surface area contributed by atoms with Crippen LogP contribution in [0.4, 0.5) is 15.8 Å². The highest BCUT2D eigenvalue weighted by Crippen LogP contribution is 2.37. The fourth-order valence-electron chi connectivity index (χ4n) is 2.23. The molecule has 2 aromatic carbocycles. The molecular formula is C14H13FN2O2S2. The Morgan fingerprint density at radius 2 is 1.95 bits per heavy atom. The van der Waals surface area contributed by atoms with Crippen molar-refractivity contribution < 1.29 is 12.8 Å². The van der Waals surface area contributed by atoms with Gasteiger partial charge in [0.2, 0.25) is 0 Å². The first-order valence-electron chi connectivity index (χ1n) is 6.30. The van der Waals surface area contributed by atoms with Gasteiger partial charge in [-0.05, 0) is 30.3 Å². The quantitative estimate of drug-likeness (QED) is 0.863. The van der Waals surface area contributed by atoms with Gasteiger partial charge < -0.3 is 5.73 Å². The highest BCUT2D eigenvalue weighted by atomic mass is 32.2. The zero-order chi connectivity index (χ0) is 15.0. The minimum Gasteiger partial charge on any atom is -0.399 e. The van der Waals surface area contributed by atoms with Crippen LogP contribution in [0.15, 0.2) is 52.3 Å². The van der Waals surface area contributed by atoms with E-state index >= 15 is 0 Å². The van der Waals surface area contributed by atoms with Crippen LogP contribution in [0.2, 0.25) is 0 Å². The highest BCUT2D eigenvalue weighted by Gasteiger charge is 2.31. The van der Waals surface area contributed by atoms with Crippen LogP contribution in [0.1, 0.15) is 0 Å². The number of hydrogen-bond donors (Lipinski definition) is 1. The van der Waals surface area contributed by atoms with E-state index in [9.17, 15) is 12.8 Å². The molecule has 0 saturated heterocycles. The van der Waals surface area contributed by atoms with Crippen molar-refractivity contribution in [1.29, 1.82) is 0 Å². The number of para-hydroxylation sites is 1. The standard InChI is InChI=1S/C14H13FN2O2S2/c15-11-6-5-10(16)9-14(11)21(18,19)17-7-8-20-13-4-2-1-3-12(13)17/h1-6,9H,7-8,16H2. The van der Waals surface area contributed by atoms with Crippen molar-refractivity contribution in [3.8, 4) is 0 Å². The predicted octanol–water partition coefficient (Wildman–Crippen LogP) is 2.71. The Bertz CT molecular complexity index is 793. The summed E-state index contributed by atoms with van der Waals surface area (Å²) in [6.45, 7) is 0.304. The molecular weight excluding hydrogens is 311 g/mol.